The molecule has 2 heteroatoms. The van der Waals surface area contributed by atoms with Crippen LogP contribution >= 0.6 is 0 Å². The molecule has 4 aliphatic rings. The van der Waals surface area contributed by atoms with E-state index in [2.05, 4.69) is 31.2 Å². The van der Waals surface area contributed by atoms with Crippen LogP contribution in [0.5, 0.6) is 0 Å². The number of carbonyl (C=O) groups is 1. The van der Waals surface area contributed by atoms with Crippen LogP contribution in [0.1, 0.15) is 51.0 Å². The van der Waals surface area contributed by atoms with E-state index in [1.807, 2.05) is 6.07 Å². The van der Waals surface area contributed by atoms with Crippen molar-refractivity contribution in [2.75, 3.05) is 0 Å². The van der Waals surface area contributed by atoms with E-state index in [1.165, 1.54) is 37.7 Å². The van der Waals surface area contributed by atoms with E-state index in [-0.39, 0.29) is 5.41 Å². The third-order valence-corrected chi connectivity index (χ3v) is 6.98. The Balaban J connectivity index is 1.71. The van der Waals surface area contributed by atoms with Crippen molar-refractivity contribution in [3.63, 3.8) is 0 Å². The number of carboxylic acid groups (broad SMARTS) is 1. The Labute approximate surface area is 132 Å². The second-order valence-corrected chi connectivity index (χ2v) is 8.62. The molecule has 4 bridgehead atoms. The van der Waals surface area contributed by atoms with Gasteiger partial charge in [-0.25, -0.2) is 0 Å². The molecule has 1 N–H and O–H groups in total. The largest absolute Gasteiger partial charge is 0.481 e. The summed E-state index contributed by atoms with van der Waals surface area (Å²) in [5.74, 6) is 1.48. The van der Waals surface area contributed by atoms with Crippen molar-refractivity contribution in [1.82, 2.24) is 0 Å². The summed E-state index contributed by atoms with van der Waals surface area (Å²) in [5, 5.41) is 9.61. The molecule has 0 spiro atoms. The fraction of sp³-hybridized carbons (Fsp3) is 0.650. The smallest absolute Gasteiger partial charge is 0.303 e. The molecule has 0 heterocycles. The van der Waals surface area contributed by atoms with Crippen LogP contribution in [-0.4, -0.2) is 11.1 Å². The van der Waals surface area contributed by atoms with Crippen molar-refractivity contribution < 1.29 is 9.90 Å². The lowest BCUT2D eigenvalue weighted by molar-refractivity contribution is -0.167. The average molecular weight is 298 g/mol. The summed E-state index contributed by atoms with van der Waals surface area (Å²) in [6, 6.07) is 10.6. The first-order chi connectivity index (χ1) is 10.5. The average Bonchev–Trinajstić information content (AvgIpc) is 2.43. The third-order valence-electron chi connectivity index (χ3n) is 6.98. The minimum atomic E-state index is -0.603. The molecule has 22 heavy (non-hydrogen) atoms. The zero-order valence-corrected chi connectivity index (χ0v) is 13.4. The third kappa shape index (κ3) is 2.19. The maximum absolute atomic E-state index is 11.7. The quantitative estimate of drug-likeness (QED) is 0.886. The van der Waals surface area contributed by atoms with Crippen molar-refractivity contribution in [1.29, 1.82) is 0 Å². The van der Waals surface area contributed by atoms with E-state index in [4.69, 9.17) is 0 Å². The summed E-state index contributed by atoms with van der Waals surface area (Å²) in [5.41, 5.74) is 1.82. The minimum Gasteiger partial charge on any atom is -0.481 e. The highest BCUT2D eigenvalue weighted by Gasteiger charge is 2.60. The van der Waals surface area contributed by atoms with Gasteiger partial charge >= 0.3 is 5.97 Å². The lowest BCUT2D eigenvalue weighted by atomic mass is 9.40. The van der Waals surface area contributed by atoms with Gasteiger partial charge in [0.25, 0.3) is 0 Å². The maximum Gasteiger partial charge on any atom is 0.303 e. The molecule has 4 aliphatic carbocycles. The van der Waals surface area contributed by atoms with E-state index >= 15 is 0 Å². The highest BCUT2D eigenvalue weighted by Crippen LogP contribution is 2.68. The van der Waals surface area contributed by atoms with Gasteiger partial charge in [0, 0.05) is 0 Å². The standard InChI is InChI=1S/C20H26O2/c1-19-9-15-7-16(11-19)20(13-18(21)22,17(8-15)12-19)10-14-5-3-2-4-6-14/h2-6,15-17H,7-13H2,1H3,(H,21,22)/t15-,16?,17?,19+,20-. The number of benzene rings is 1. The van der Waals surface area contributed by atoms with E-state index in [0.29, 0.717) is 23.7 Å². The Bertz CT molecular complexity index is 561. The first kappa shape index (κ1) is 14.3. The fourth-order valence-electron chi connectivity index (χ4n) is 6.48. The minimum absolute atomic E-state index is 0.00359. The van der Waals surface area contributed by atoms with Gasteiger partial charge in [-0.3, -0.25) is 4.79 Å². The Morgan fingerprint density at radius 2 is 1.77 bits per heavy atom. The molecule has 0 aromatic heterocycles. The molecule has 0 amide bonds. The van der Waals surface area contributed by atoms with Gasteiger partial charge in [-0.1, -0.05) is 37.3 Å². The van der Waals surface area contributed by atoms with Crippen LogP contribution in [0.15, 0.2) is 30.3 Å². The number of hydrogen-bond donors (Lipinski definition) is 1. The summed E-state index contributed by atoms with van der Waals surface area (Å²) in [4.78, 5) is 11.7. The Hall–Kier alpha value is -1.31. The Kier molecular flexibility index (Phi) is 3.15. The predicted octanol–water partition coefficient (Wildman–Crippen LogP) is 4.54. The summed E-state index contributed by atoms with van der Waals surface area (Å²) in [6.07, 6.45) is 7.74. The normalized spacial score (nSPS) is 42.5. The summed E-state index contributed by atoms with van der Waals surface area (Å²) in [6.45, 7) is 2.45. The lowest BCUT2D eigenvalue weighted by Crippen LogP contribution is -2.57. The van der Waals surface area contributed by atoms with E-state index in [1.54, 1.807) is 0 Å². The topological polar surface area (TPSA) is 37.3 Å². The Morgan fingerprint density at radius 3 is 2.32 bits per heavy atom. The monoisotopic (exact) mass is 298 g/mol. The van der Waals surface area contributed by atoms with Gasteiger partial charge in [0.2, 0.25) is 0 Å². The van der Waals surface area contributed by atoms with Crippen LogP contribution in [0.2, 0.25) is 0 Å². The highest BCUT2D eigenvalue weighted by atomic mass is 16.4. The predicted molar refractivity (Wildman–Crippen MR) is 86.5 cm³/mol. The molecule has 0 saturated heterocycles. The number of carboxylic acids is 1. The van der Waals surface area contributed by atoms with Crippen LogP contribution in [0.4, 0.5) is 0 Å². The van der Waals surface area contributed by atoms with E-state index < -0.39 is 5.97 Å². The van der Waals surface area contributed by atoms with Crippen LogP contribution in [0.25, 0.3) is 0 Å². The van der Waals surface area contributed by atoms with Crippen molar-refractivity contribution >= 4 is 5.97 Å². The molecular weight excluding hydrogens is 272 g/mol. The van der Waals surface area contributed by atoms with E-state index in [0.717, 1.165) is 12.3 Å². The van der Waals surface area contributed by atoms with Gasteiger partial charge in [-0.05, 0) is 72.7 Å². The molecule has 0 radical (unpaired) electrons. The fourth-order valence-corrected chi connectivity index (χ4v) is 6.48. The van der Waals surface area contributed by atoms with Crippen molar-refractivity contribution in [2.24, 2.45) is 28.6 Å². The van der Waals surface area contributed by atoms with Crippen molar-refractivity contribution in [2.45, 2.75) is 51.9 Å². The lowest BCUT2D eigenvalue weighted by Gasteiger charge is -2.65. The molecule has 1 aromatic carbocycles. The molecule has 4 saturated carbocycles. The zero-order valence-electron chi connectivity index (χ0n) is 13.4. The molecule has 2 nitrogen and oxygen atoms in total. The van der Waals surface area contributed by atoms with Crippen molar-refractivity contribution in [3.05, 3.63) is 35.9 Å². The molecule has 0 aliphatic heterocycles. The van der Waals surface area contributed by atoms with Gasteiger partial charge in [0.15, 0.2) is 0 Å². The van der Waals surface area contributed by atoms with Gasteiger partial charge in [0.05, 0.1) is 6.42 Å². The van der Waals surface area contributed by atoms with Crippen LogP contribution in [0, 0.1) is 28.6 Å². The molecule has 5 rings (SSSR count). The number of hydrogen-bond acceptors (Lipinski definition) is 1. The number of aliphatic carboxylic acids is 1. The highest BCUT2D eigenvalue weighted by molar-refractivity contribution is 5.68. The molecule has 1 aromatic rings. The molecule has 2 unspecified atom stereocenters. The van der Waals surface area contributed by atoms with E-state index in [9.17, 15) is 9.90 Å². The summed E-state index contributed by atoms with van der Waals surface area (Å²) < 4.78 is 0. The zero-order chi connectivity index (χ0) is 15.4. The molecular formula is C20H26O2. The first-order valence-electron chi connectivity index (χ1n) is 8.75. The molecule has 4 fully saturated rings. The number of rotatable bonds is 4. The molecule has 2 atom stereocenters. The van der Waals surface area contributed by atoms with Crippen LogP contribution < -0.4 is 0 Å². The van der Waals surface area contributed by atoms with Crippen LogP contribution in [-0.2, 0) is 11.2 Å². The Morgan fingerprint density at radius 1 is 1.14 bits per heavy atom. The maximum atomic E-state index is 11.7. The molecule has 118 valence electrons. The van der Waals surface area contributed by atoms with Crippen LogP contribution in [0.3, 0.4) is 0 Å². The van der Waals surface area contributed by atoms with Gasteiger partial charge < -0.3 is 5.11 Å². The summed E-state index contributed by atoms with van der Waals surface area (Å²) in [7, 11) is 0. The first-order valence-corrected chi connectivity index (χ1v) is 8.75. The van der Waals surface area contributed by atoms with Crippen molar-refractivity contribution in [3.8, 4) is 0 Å². The summed E-state index contributed by atoms with van der Waals surface area (Å²) >= 11 is 0. The van der Waals surface area contributed by atoms with Gasteiger partial charge in [-0.15, -0.1) is 0 Å². The van der Waals surface area contributed by atoms with Gasteiger partial charge in [-0.2, -0.15) is 0 Å². The van der Waals surface area contributed by atoms with Gasteiger partial charge in [0.1, 0.15) is 0 Å². The second kappa shape index (κ2) is 4.84. The SMILES string of the molecule is C[C@]12CC3C[C@H](CC(C1)[C@@]3(CC(=O)O)Cc1ccccc1)C2. The second-order valence-electron chi connectivity index (χ2n) is 8.62.